The van der Waals surface area contributed by atoms with Crippen LogP contribution < -0.4 is 5.73 Å². The molecule has 0 spiro atoms. The number of aliphatic carboxylic acids is 1. The average molecular weight is 230 g/mol. The van der Waals surface area contributed by atoms with Gasteiger partial charge in [0.15, 0.2) is 0 Å². The molecule has 0 bridgehead atoms. The van der Waals surface area contributed by atoms with E-state index >= 15 is 0 Å². The fraction of sp³-hybridized carbons (Fsp3) is 0.625. The van der Waals surface area contributed by atoms with E-state index in [4.69, 9.17) is 16.4 Å². The predicted octanol–water partition coefficient (Wildman–Crippen LogP) is 1.39. The van der Waals surface area contributed by atoms with Crippen LogP contribution in [0, 0.1) is 0 Å². The van der Waals surface area contributed by atoms with Crippen LogP contribution in [0.5, 0.6) is 0 Å². The van der Waals surface area contributed by atoms with E-state index in [0.29, 0.717) is 18.7 Å². The molecule has 84 valence electrons. The molecule has 0 fully saturated rings. The summed E-state index contributed by atoms with van der Waals surface area (Å²) in [6, 6.07) is -0.773. The van der Waals surface area contributed by atoms with Gasteiger partial charge in [0.25, 0.3) is 0 Å². The molecule has 0 radical (unpaired) electrons. The Morgan fingerprint density at radius 1 is 1.67 bits per heavy atom. The van der Waals surface area contributed by atoms with Crippen molar-refractivity contribution >= 4 is 17.7 Å². The Morgan fingerprint density at radius 2 is 2.40 bits per heavy atom. The van der Waals surface area contributed by atoms with Crippen molar-refractivity contribution in [2.75, 3.05) is 18.1 Å². The molecule has 0 aromatic carbocycles. The third-order valence-electron chi connectivity index (χ3n) is 1.52. The minimum absolute atomic E-state index is 0.353. The number of nitrogens with zero attached hydrogens (tertiary/aromatic N) is 3. The summed E-state index contributed by atoms with van der Waals surface area (Å²) < 4.78 is 0. The number of hydrogen-bond donors (Lipinski definition) is 2. The van der Waals surface area contributed by atoms with Gasteiger partial charge in [-0.2, -0.15) is 11.8 Å². The Morgan fingerprint density at radius 3 is 3.00 bits per heavy atom. The van der Waals surface area contributed by atoms with E-state index in [1.165, 1.54) is 0 Å². The summed E-state index contributed by atoms with van der Waals surface area (Å²) >= 11 is 1.59. The van der Waals surface area contributed by atoms with Crippen molar-refractivity contribution in [3.8, 4) is 0 Å². The lowest BCUT2D eigenvalue weighted by Crippen LogP contribution is -2.30. The molecule has 0 aromatic rings. The average Bonchev–Trinajstić information content (AvgIpc) is 2.21. The predicted molar refractivity (Wildman–Crippen MR) is 60.7 cm³/mol. The molecule has 0 unspecified atom stereocenters. The molecule has 15 heavy (non-hydrogen) atoms. The van der Waals surface area contributed by atoms with Gasteiger partial charge in [0.2, 0.25) is 0 Å². The molecule has 3 N–H and O–H groups in total. The lowest BCUT2D eigenvalue weighted by atomic mass is 10.2. The summed E-state index contributed by atoms with van der Waals surface area (Å²) in [6.45, 7) is 0.353. The van der Waals surface area contributed by atoms with Crippen molar-refractivity contribution in [3.63, 3.8) is 0 Å². The third-order valence-corrected chi connectivity index (χ3v) is 2.47. The van der Waals surface area contributed by atoms with Gasteiger partial charge in [-0.05, 0) is 17.7 Å². The molecule has 0 aliphatic rings. The third kappa shape index (κ3) is 9.14. The quantitative estimate of drug-likeness (QED) is 0.216. The Hall–Kier alpha value is -1.17. The number of thioether (sulfide) groups is 1. The largest absolute Gasteiger partial charge is 0.480 e. The van der Waals surface area contributed by atoms with Crippen LogP contribution in [0.1, 0.15) is 6.42 Å². The van der Waals surface area contributed by atoms with E-state index in [-0.39, 0.29) is 0 Å². The first-order chi connectivity index (χ1) is 7.18. The smallest absolute Gasteiger partial charge is 0.320 e. The summed E-state index contributed by atoms with van der Waals surface area (Å²) in [4.78, 5) is 12.9. The summed E-state index contributed by atoms with van der Waals surface area (Å²) in [5.74, 6) is 0.515. The van der Waals surface area contributed by atoms with E-state index in [1.807, 2.05) is 6.08 Å². The van der Waals surface area contributed by atoms with Gasteiger partial charge in [0, 0.05) is 17.2 Å². The van der Waals surface area contributed by atoms with Crippen LogP contribution in [0.25, 0.3) is 10.4 Å². The minimum atomic E-state index is -0.963. The van der Waals surface area contributed by atoms with Crippen LogP contribution in [0.3, 0.4) is 0 Å². The number of azide groups is 1. The van der Waals surface area contributed by atoms with Crippen molar-refractivity contribution in [1.29, 1.82) is 0 Å². The summed E-state index contributed by atoms with van der Waals surface area (Å²) in [6.07, 6.45) is 4.11. The second-order valence-electron chi connectivity index (χ2n) is 2.69. The molecule has 7 heteroatoms. The van der Waals surface area contributed by atoms with Crippen molar-refractivity contribution in [2.24, 2.45) is 10.8 Å². The molecule has 0 amide bonds. The minimum Gasteiger partial charge on any atom is -0.480 e. The van der Waals surface area contributed by atoms with E-state index in [9.17, 15) is 4.79 Å². The summed E-state index contributed by atoms with van der Waals surface area (Å²) in [5.41, 5.74) is 13.3. The van der Waals surface area contributed by atoms with Crippen molar-refractivity contribution in [2.45, 2.75) is 12.5 Å². The second-order valence-corrected chi connectivity index (χ2v) is 3.84. The highest BCUT2D eigenvalue weighted by atomic mass is 32.2. The van der Waals surface area contributed by atoms with Gasteiger partial charge < -0.3 is 10.8 Å². The maximum Gasteiger partial charge on any atom is 0.320 e. The molecule has 0 saturated heterocycles. The molecule has 6 nitrogen and oxygen atoms in total. The number of carbonyl (C=O) groups is 1. The molecule has 1 atom stereocenters. The number of carboxylic acid groups (broad SMARTS) is 1. The second kappa shape index (κ2) is 9.39. The fourth-order valence-electron chi connectivity index (χ4n) is 0.711. The van der Waals surface area contributed by atoms with Gasteiger partial charge in [-0.1, -0.05) is 17.3 Å². The first-order valence-electron chi connectivity index (χ1n) is 4.40. The Balaban J connectivity index is 3.35. The Labute approximate surface area is 92.2 Å². The number of nitrogens with two attached hydrogens (primary N) is 1. The molecule has 0 saturated carbocycles. The molecule has 0 aliphatic heterocycles. The van der Waals surface area contributed by atoms with Crippen LogP contribution in [0.4, 0.5) is 0 Å². The SMILES string of the molecule is [N-]=[N+]=NC/C=C/CSCC[C@H](N)C(=O)O. The maximum absolute atomic E-state index is 10.3. The highest BCUT2D eigenvalue weighted by molar-refractivity contribution is 7.99. The zero-order valence-corrected chi connectivity index (χ0v) is 9.06. The van der Waals surface area contributed by atoms with Gasteiger partial charge in [0.1, 0.15) is 6.04 Å². The lowest BCUT2D eigenvalue weighted by molar-refractivity contribution is -0.138. The first kappa shape index (κ1) is 13.8. The van der Waals surface area contributed by atoms with Gasteiger partial charge in [-0.3, -0.25) is 4.79 Å². The highest BCUT2D eigenvalue weighted by Crippen LogP contribution is 2.04. The fourth-order valence-corrected chi connectivity index (χ4v) is 1.57. The lowest BCUT2D eigenvalue weighted by Gasteiger charge is -2.03. The zero-order chi connectivity index (χ0) is 11.5. The van der Waals surface area contributed by atoms with Crippen LogP contribution >= 0.6 is 11.8 Å². The molecular weight excluding hydrogens is 216 g/mol. The summed E-state index contributed by atoms with van der Waals surface area (Å²) in [5, 5.41) is 11.8. The van der Waals surface area contributed by atoms with Gasteiger partial charge >= 0.3 is 5.97 Å². The van der Waals surface area contributed by atoms with Crippen LogP contribution in [-0.4, -0.2) is 35.2 Å². The highest BCUT2D eigenvalue weighted by Gasteiger charge is 2.09. The van der Waals surface area contributed by atoms with E-state index in [2.05, 4.69) is 10.0 Å². The summed E-state index contributed by atoms with van der Waals surface area (Å²) in [7, 11) is 0. The van der Waals surface area contributed by atoms with E-state index < -0.39 is 12.0 Å². The molecule has 0 aromatic heterocycles. The normalized spacial score (nSPS) is 12.3. The standard InChI is InChI=1S/C8H14N4O2S/c9-7(8(13)14)3-6-15-5-2-1-4-11-12-10/h1-2,7H,3-6,9H2,(H,13,14)/b2-1+/t7-/m0/s1. The van der Waals surface area contributed by atoms with Gasteiger partial charge in [0.05, 0.1) is 0 Å². The van der Waals surface area contributed by atoms with Crippen molar-refractivity contribution < 1.29 is 9.90 Å². The number of carboxylic acids is 1. The van der Waals surface area contributed by atoms with Crippen LogP contribution in [0.2, 0.25) is 0 Å². The first-order valence-corrected chi connectivity index (χ1v) is 5.56. The van der Waals surface area contributed by atoms with E-state index in [1.54, 1.807) is 17.8 Å². The molecule has 0 rings (SSSR count). The Kier molecular flexibility index (Phi) is 8.66. The Bertz CT molecular complexity index is 263. The van der Waals surface area contributed by atoms with Gasteiger partial charge in [-0.15, -0.1) is 0 Å². The molecule has 0 heterocycles. The maximum atomic E-state index is 10.3. The van der Waals surface area contributed by atoms with Gasteiger partial charge in [-0.25, -0.2) is 0 Å². The van der Waals surface area contributed by atoms with Crippen LogP contribution in [0.15, 0.2) is 17.3 Å². The number of hydrogen-bond acceptors (Lipinski definition) is 4. The van der Waals surface area contributed by atoms with Crippen LogP contribution in [-0.2, 0) is 4.79 Å². The zero-order valence-electron chi connectivity index (χ0n) is 8.24. The topological polar surface area (TPSA) is 112 Å². The monoisotopic (exact) mass is 230 g/mol. The number of rotatable bonds is 8. The van der Waals surface area contributed by atoms with E-state index in [0.717, 1.165) is 5.75 Å². The van der Waals surface area contributed by atoms with Crippen molar-refractivity contribution in [1.82, 2.24) is 0 Å². The molecule has 0 aliphatic carbocycles. The van der Waals surface area contributed by atoms with Crippen molar-refractivity contribution in [3.05, 3.63) is 22.6 Å². The molecular formula is C8H14N4O2S.